The molecular formula is C10H13N3O. The third kappa shape index (κ3) is 1.94. The summed E-state index contributed by atoms with van der Waals surface area (Å²) < 4.78 is 0. The molecule has 1 N–H and O–H groups in total. The van der Waals surface area contributed by atoms with E-state index >= 15 is 0 Å². The van der Waals surface area contributed by atoms with Crippen molar-refractivity contribution in [2.24, 2.45) is 0 Å². The molecule has 0 aliphatic heterocycles. The predicted octanol–water partition coefficient (Wildman–Crippen LogP) is 1.37. The number of hydrogen-bond acceptors (Lipinski definition) is 2. The maximum atomic E-state index is 11.7. The highest BCUT2D eigenvalue weighted by atomic mass is 16.2. The van der Waals surface area contributed by atoms with Crippen LogP contribution in [0.4, 0.5) is 0 Å². The molecule has 0 aliphatic carbocycles. The highest BCUT2D eigenvalue weighted by molar-refractivity contribution is 5.92. The maximum absolute atomic E-state index is 11.7. The normalized spacial score (nSPS) is 9.50. The minimum atomic E-state index is -0.0588. The lowest BCUT2D eigenvalue weighted by atomic mass is 10.3. The molecule has 1 aromatic rings. The fourth-order valence-corrected chi connectivity index (χ4v) is 1.26. The van der Waals surface area contributed by atoms with Crippen molar-refractivity contribution in [3.63, 3.8) is 0 Å². The zero-order chi connectivity index (χ0) is 10.6. The standard InChI is InChI=1S/C10H13N3O/c1-3-13(4-2)10(14)9-5-8(6-11)7-12-9/h5,7,12H,3-4H2,1-2H3. The van der Waals surface area contributed by atoms with Gasteiger partial charge in [-0.25, -0.2) is 0 Å². The predicted molar refractivity (Wildman–Crippen MR) is 52.8 cm³/mol. The van der Waals surface area contributed by atoms with E-state index < -0.39 is 0 Å². The van der Waals surface area contributed by atoms with Crippen LogP contribution in [0.1, 0.15) is 29.9 Å². The second kappa shape index (κ2) is 4.47. The van der Waals surface area contributed by atoms with Crippen molar-refractivity contribution >= 4 is 5.91 Å². The molecule has 1 heterocycles. The van der Waals surface area contributed by atoms with Crippen molar-refractivity contribution in [3.05, 3.63) is 23.5 Å². The van der Waals surface area contributed by atoms with Crippen molar-refractivity contribution in [1.82, 2.24) is 9.88 Å². The van der Waals surface area contributed by atoms with Crippen LogP contribution in [0.2, 0.25) is 0 Å². The van der Waals surface area contributed by atoms with E-state index in [1.807, 2.05) is 19.9 Å². The Morgan fingerprint density at radius 1 is 1.57 bits per heavy atom. The Hall–Kier alpha value is -1.76. The van der Waals surface area contributed by atoms with Crippen LogP contribution in [-0.4, -0.2) is 28.9 Å². The van der Waals surface area contributed by atoms with Gasteiger partial charge in [0.1, 0.15) is 11.8 Å². The molecule has 0 aliphatic rings. The van der Waals surface area contributed by atoms with Gasteiger partial charge in [0.15, 0.2) is 0 Å². The van der Waals surface area contributed by atoms with Crippen LogP contribution >= 0.6 is 0 Å². The Kier molecular flexibility index (Phi) is 3.29. The monoisotopic (exact) mass is 191 g/mol. The molecule has 0 bridgehead atoms. The van der Waals surface area contributed by atoms with Gasteiger partial charge in [0.2, 0.25) is 0 Å². The summed E-state index contributed by atoms with van der Waals surface area (Å²) in [6, 6.07) is 3.55. The van der Waals surface area contributed by atoms with Gasteiger partial charge in [-0.05, 0) is 19.9 Å². The molecule has 1 aromatic heterocycles. The summed E-state index contributed by atoms with van der Waals surface area (Å²) in [6.07, 6.45) is 1.54. The van der Waals surface area contributed by atoms with Crippen LogP contribution in [0.25, 0.3) is 0 Å². The number of H-pyrrole nitrogens is 1. The number of rotatable bonds is 3. The SMILES string of the molecule is CCN(CC)C(=O)c1cc(C#N)c[nH]1. The Labute approximate surface area is 83.1 Å². The average molecular weight is 191 g/mol. The number of nitrogens with one attached hydrogen (secondary N) is 1. The molecule has 0 aromatic carbocycles. The highest BCUT2D eigenvalue weighted by Gasteiger charge is 2.13. The summed E-state index contributed by atoms with van der Waals surface area (Å²) >= 11 is 0. The number of carbonyl (C=O) groups excluding carboxylic acids is 1. The lowest BCUT2D eigenvalue weighted by Crippen LogP contribution is -2.30. The van der Waals surface area contributed by atoms with Gasteiger partial charge in [-0.2, -0.15) is 5.26 Å². The topological polar surface area (TPSA) is 59.9 Å². The molecule has 0 unspecified atom stereocenters. The van der Waals surface area contributed by atoms with Gasteiger partial charge < -0.3 is 9.88 Å². The van der Waals surface area contributed by atoms with Crippen LogP contribution < -0.4 is 0 Å². The summed E-state index contributed by atoms with van der Waals surface area (Å²) in [7, 11) is 0. The van der Waals surface area contributed by atoms with Crippen molar-refractivity contribution in [3.8, 4) is 6.07 Å². The van der Waals surface area contributed by atoms with E-state index in [-0.39, 0.29) is 5.91 Å². The average Bonchev–Trinajstić information content (AvgIpc) is 2.67. The molecule has 0 saturated heterocycles. The van der Waals surface area contributed by atoms with Crippen LogP contribution in [0.5, 0.6) is 0 Å². The quantitative estimate of drug-likeness (QED) is 0.784. The van der Waals surface area contributed by atoms with Gasteiger partial charge in [-0.1, -0.05) is 0 Å². The van der Waals surface area contributed by atoms with E-state index in [1.54, 1.807) is 11.0 Å². The summed E-state index contributed by atoms with van der Waals surface area (Å²) in [5.41, 5.74) is 0.964. The van der Waals surface area contributed by atoms with Gasteiger partial charge in [-0.15, -0.1) is 0 Å². The molecule has 14 heavy (non-hydrogen) atoms. The van der Waals surface area contributed by atoms with Gasteiger partial charge in [0.05, 0.1) is 5.56 Å². The number of amides is 1. The summed E-state index contributed by atoms with van der Waals surface area (Å²) in [5, 5.41) is 8.59. The first-order valence-corrected chi connectivity index (χ1v) is 4.60. The highest BCUT2D eigenvalue weighted by Crippen LogP contribution is 2.05. The van der Waals surface area contributed by atoms with Gasteiger partial charge in [-0.3, -0.25) is 4.79 Å². The third-order valence-electron chi connectivity index (χ3n) is 2.09. The van der Waals surface area contributed by atoms with Gasteiger partial charge in [0.25, 0.3) is 5.91 Å². The summed E-state index contributed by atoms with van der Waals surface area (Å²) in [6.45, 7) is 5.21. The minimum Gasteiger partial charge on any atom is -0.356 e. The van der Waals surface area contributed by atoms with Crippen molar-refractivity contribution in [2.75, 3.05) is 13.1 Å². The van der Waals surface area contributed by atoms with Gasteiger partial charge >= 0.3 is 0 Å². The second-order valence-corrected chi connectivity index (χ2v) is 2.89. The van der Waals surface area contributed by atoms with Crippen molar-refractivity contribution < 1.29 is 4.79 Å². The first kappa shape index (κ1) is 10.3. The smallest absolute Gasteiger partial charge is 0.270 e. The number of hydrogen-bond donors (Lipinski definition) is 1. The van der Waals surface area contributed by atoms with E-state index in [9.17, 15) is 4.79 Å². The fraction of sp³-hybridized carbons (Fsp3) is 0.400. The minimum absolute atomic E-state index is 0.0588. The zero-order valence-corrected chi connectivity index (χ0v) is 8.37. The first-order valence-electron chi connectivity index (χ1n) is 4.60. The second-order valence-electron chi connectivity index (χ2n) is 2.89. The van der Waals surface area contributed by atoms with Crippen molar-refractivity contribution in [1.29, 1.82) is 5.26 Å². The van der Waals surface area contributed by atoms with E-state index in [4.69, 9.17) is 5.26 Å². The summed E-state index contributed by atoms with van der Waals surface area (Å²) in [5.74, 6) is -0.0588. The molecule has 74 valence electrons. The molecule has 1 rings (SSSR count). The Morgan fingerprint density at radius 3 is 2.64 bits per heavy atom. The molecule has 0 spiro atoms. The largest absolute Gasteiger partial charge is 0.356 e. The Morgan fingerprint density at radius 2 is 2.21 bits per heavy atom. The van der Waals surface area contributed by atoms with E-state index in [1.165, 1.54) is 6.20 Å². The number of nitriles is 1. The van der Waals surface area contributed by atoms with E-state index in [2.05, 4.69) is 4.98 Å². The summed E-state index contributed by atoms with van der Waals surface area (Å²) in [4.78, 5) is 16.2. The molecule has 0 saturated carbocycles. The maximum Gasteiger partial charge on any atom is 0.270 e. The zero-order valence-electron chi connectivity index (χ0n) is 8.37. The first-order chi connectivity index (χ1) is 6.72. The number of aromatic amines is 1. The molecule has 0 fully saturated rings. The fourth-order valence-electron chi connectivity index (χ4n) is 1.26. The van der Waals surface area contributed by atoms with Crippen LogP contribution in [0, 0.1) is 11.3 Å². The van der Waals surface area contributed by atoms with Gasteiger partial charge in [0, 0.05) is 19.3 Å². The van der Waals surface area contributed by atoms with Crippen LogP contribution in [0.15, 0.2) is 12.3 Å². The Bertz CT molecular complexity index is 358. The Balaban J connectivity index is 2.84. The molecule has 0 radical (unpaired) electrons. The van der Waals surface area contributed by atoms with Crippen LogP contribution in [-0.2, 0) is 0 Å². The molecular weight excluding hydrogens is 178 g/mol. The van der Waals surface area contributed by atoms with Crippen LogP contribution in [0.3, 0.4) is 0 Å². The van der Waals surface area contributed by atoms with E-state index in [0.717, 1.165) is 0 Å². The molecule has 4 heteroatoms. The molecule has 0 atom stereocenters. The lowest BCUT2D eigenvalue weighted by Gasteiger charge is -2.17. The third-order valence-corrected chi connectivity index (χ3v) is 2.09. The molecule has 4 nitrogen and oxygen atoms in total. The molecule has 1 amide bonds. The lowest BCUT2D eigenvalue weighted by molar-refractivity contribution is 0.0768. The van der Waals surface area contributed by atoms with Crippen molar-refractivity contribution in [2.45, 2.75) is 13.8 Å². The van der Waals surface area contributed by atoms with E-state index in [0.29, 0.717) is 24.3 Å². The number of carbonyl (C=O) groups is 1. The number of nitrogens with zero attached hydrogens (tertiary/aromatic N) is 2. The number of aromatic nitrogens is 1.